The van der Waals surface area contributed by atoms with Gasteiger partial charge in [-0.1, -0.05) is 0 Å². The van der Waals surface area contributed by atoms with Crippen LogP contribution in [0.25, 0.3) is 0 Å². The Labute approximate surface area is 108 Å². The number of hydrogen-bond donors (Lipinski definition) is 4. The monoisotopic (exact) mass is 259 g/mol. The normalized spacial score (nSPS) is 9.95. The highest BCUT2D eigenvalue weighted by Crippen LogP contribution is 2.06. The van der Waals surface area contributed by atoms with Crippen LogP contribution in [0.2, 0.25) is 0 Å². The lowest BCUT2D eigenvalue weighted by atomic mass is 10.3. The molecule has 0 saturated carbocycles. The Bertz CT molecular complexity index is 623. The van der Waals surface area contributed by atoms with Crippen LogP contribution in [0.1, 0.15) is 11.4 Å². The fourth-order valence-electron chi connectivity index (χ4n) is 1.52. The van der Waals surface area contributed by atoms with Crippen LogP contribution in [-0.2, 0) is 6.54 Å². The first-order chi connectivity index (χ1) is 9.24. The summed E-state index contributed by atoms with van der Waals surface area (Å²) in [7, 11) is 1.60. The van der Waals surface area contributed by atoms with E-state index in [1.807, 2.05) is 0 Å². The quantitative estimate of drug-likeness (QED) is 0.570. The number of H-pyrrole nitrogens is 1. The molecule has 2 aromatic rings. The Hall–Kier alpha value is -2.77. The van der Waals surface area contributed by atoms with E-state index in [0.29, 0.717) is 6.54 Å². The molecule has 0 spiro atoms. The molecule has 0 saturated heterocycles. The van der Waals surface area contributed by atoms with Gasteiger partial charge in [-0.05, 0) is 12.1 Å². The Morgan fingerprint density at radius 1 is 1.53 bits per heavy atom. The second kappa shape index (κ2) is 5.71. The van der Waals surface area contributed by atoms with Gasteiger partial charge in [0.05, 0.1) is 12.2 Å². The SMILES string of the molecule is CNc1c(C=N)nc(NCc2cccnn2)[nH]c1=O. The zero-order valence-corrected chi connectivity index (χ0v) is 10.3. The zero-order valence-electron chi connectivity index (χ0n) is 10.3. The van der Waals surface area contributed by atoms with Crippen molar-refractivity contribution >= 4 is 17.9 Å². The minimum atomic E-state index is -0.336. The summed E-state index contributed by atoms with van der Waals surface area (Å²) in [5.41, 5.74) is 0.921. The summed E-state index contributed by atoms with van der Waals surface area (Å²) in [5.74, 6) is 0.285. The van der Waals surface area contributed by atoms with Gasteiger partial charge < -0.3 is 16.0 Å². The maximum Gasteiger partial charge on any atom is 0.276 e. The molecule has 4 N–H and O–H groups in total. The van der Waals surface area contributed by atoms with Gasteiger partial charge in [-0.25, -0.2) is 4.98 Å². The maximum absolute atomic E-state index is 11.7. The van der Waals surface area contributed by atoms with Crippen LogP contribution in [-0.4, -0.2) is 33.4 Å². The third-order valence-corrected chi connectivity index (χ3v) is 2.40. The highest BCUT2D eigenvalue weighted by atomic mass is 16.1. The highest BCUT2D eigenvalue weighted by Gasteiger charge is 2.08. The molecule has 8 heteroatoms. The molecule has 0 aromatic carbocycles. The molecule has 0 aliphatic carbocycles. The van der Waals surface area contributed by atoms with Crippen molar-refractivity contribution in [2.45, 2.75) is 6.54 Å². The van der Waals surface area contributed by atoms with Gasteiger partial charge in [0.25, 0.3) is 5.56 Å². The number of hydrogen-bond acceptors (Lipinski definition) is 7. The Balaban J connectivity index is 2.20. The molecule has 0 aliphatic heterocycles. The number of nitrogens with zero attached hydrogens (tertiary/aromatic N) is 3. The van der Waals surface area contributed by atoms with E-state index in [1.165, 1.54) is 0 Å². The molecule has 0 fully saturated rings. The second-order valence-electron chi connectivity index (χ2n) is 3.64. The molecule has 0 aliphatic rings. The molecule has 0 bridgehead atoms. The standard InChI is InChI=1S/C11H13N7O/c1-13-9-8(5-12)16-11(17-10(9)19)14-6-7-3-2-4-15-18-7/h2-5,12-13H,6H2,1H3,(H2,14,16,17,19). The van der Waals surface area contributed by atoms with Crippen LogP contribution in [0, 0.1) is 5.41 Å². The van der Waals surface area contributed by atoms with Crippen molar-refractivity contribution in [1.29, 1.82) is 5.41 Å². The number of rotatable bonds is 5. The maximum atomic E-state index is 11.7. The molecule has 98 valence electrons. The molecule has 19 heavy (non-hydrogen) atoms. The van der Waals surface area contributed by atoms with Gasteiger partial charge in [0.1, 0.15) is 11.4 Å². The smallest absolute Gasteiger partial charge is 0.276 e. The first kappa shape index (κ1) is 12.7. The van der Waals surface area contributed by atoms with Crippen LogP contribution in [0.3, 0.4) is 0 Å². The van der Waals surface area contributed by atoms with Gasteiger partial charge in [-0.15, -0.1) is 0 Å². The lowest BCUT2D eigenvalue weighted by Gasteiger charge is -2.07. The Kier molecular flexibility index (Phi) is 3.81. The van der Waals surface area contributed by atoms with Crippen LogP contribution in [0.4, 0.5) is 11.6 Å². The van der Waals surface area contributed by atoms with Gasteiger partial charge in [0.15, 0.2) is 0 Å². The predicted octanol–water partition coefficient (Wildman–Crippen LogP) is 0.211. The Morgan fingerprint density at radius 3 is 3.00 bits per heavy atom. The van der Waals surface area contributed by atoms with Crippen molar-refractivity contribution in [3.63, 3.8) is 0 Å². The van der Waals surface area contributed by atoms with Gasteiger partial charge in [-0.2, -0.15) is 10.2 Å². The van der Waals surface area contributed by atoms with Crippen molar-refractivity contribution < 1.29 is 0 Å². The minimum Gasteiger partial charge on any atom is -0.382 e. The summed E-state index contributed by atoms with van der Waals surface area (Å²) < 4.78 is 0. The molecular formula is C11H13N7O. The van der Waals surface area contributed by atoms with Gasteiger partial charge in [-0.3, -0.25) is 9.78 Å². The van der Waals surface area contributed by atoms with E-state index in [4.69, 9.17) is 5.41 Å². The van der Waals surface area contributed by atoms with Crippen LogP contribution in [0.15, 0.2) is 23.1 Å². The van der Waals surface area contributed by atoms with Gasteiger partial charge in [0, 0.05) is 19.5 Å². The number of anilines is 2. The zero-order chi connectivity index (χ0) is 13.7. The molecule has 0 unspecified atom stereocenters. The molecule has 0 radical (unpaired) electrons. The average molecular weight is 259 g/mol. The lowest BCUT2D eigenvalue weighted by Crippen LogP contribution is -2.19. The largest absolute Gasteiger partial charge is 0.382 e. The molecule has 0 atom stereocenters. The summed E-state index contributed by atoms with van der Waals surface area (Å²) in [5, 5.41) is 20.5. The van der Waals surface area contributed by atoms with Crippen LogP contribution < -0.4 is 16.2 Å². The number of aromatic nitrogens is 4. The summed E-state index contributed by atoms with van der Waals surface area (Å²) in [6.45, 7) is 0.382. The summed E-state index contributed by atoms with van der Waals surface area (Å²) >= 11 is 0. The van der Waals surface area contributed by atoms with E-state index >= 15 is 0 Å². The van der Waals surface area contributed by atoms with E-state index < -0.39 is 0 Å². The summed E-state index contributed by atoms with van der Waals surface area (Å²) in [4.78, 5) is 18.4. The summed E-state index contributed by atoms with van der Waals surface area (Å²) in [6.07, 6.45) is 2.60. The van der Waals surface area contributed by atoms with Crippen molar-refractivity contribution in [3.8, 4) is 0 Å². The molecule has 2 rings (SSSR count). The molecule has 2 heterocycles. The first-order valence-electron chi connectivity index (χ1n) is 5.57. The van der Waals surface area contributed by atoms with Gasteiger partial charge in [0.2, 0.25) is 5.95 Å². The number of nitrogens with one attached hydrogen (secondary N) is 4. The third kappa shape index (κ3) is 2.92. The van der Waals surface area contributed by atoms with Crippen molar-refractivity contribution in [3.05, 3.63) is 40.1 Å². The first-order valence-corrected chi connectivity index (χ1v) is 5.57. The number of aromatic amines is 1. The van der Waals surface area contributed by atoms with Crippen molar-refractivity contribution in [2.75, 3.05) is 17.7 Å². The van der Waals surface area contributed by atoms with E-state index in [0.717, 1.165) is 11.9 Å². The van der Waals surface area contributed by atoms with E-state index in [1.54, 1.807) is 25.4 Å². The third-order valence-electron chi connectivity index (χ3n) is 2.40. The fraction of sp³-hybridized carbons (Fsp3) is 0.182. The topological polar surface area (TPSA) is 119 Å². The molecule has 0 amide bonds. The van der Waals surface area contributed by atoms with E-state index in [2.05, 4.69) is 30.8 Å². The van der Waals surface area contributed by atoms with Crippen molar-refractivity contribution in [1.82, 2.24) is 20.2 Å². The predicted molar refractivity (Wildman–Crippen MR) is 71.6 cm³/mol. The fourth-order valence-corrected chi connectivity index (χ4v) is 1.52. The summed E-state index contributed by atoms with van der Waals surface area (Å²) in [6, 6.07) is 3.57. The second-order valence-corrected chi connectivity index (χ2v) is 3.64. The molecular weight excluding hydrogens is 246 g/mol. The lowest BCUT2D eigenvalue weighted by molar-refractivity contribution is 0.910. The van der Waals surface area contributed by atoms with Crippen molar-refractivity contribution in [2.24, 2.45) is 0 Å². The van der Waals surface area contributed by atoms with Crippen LogP contribution in [0.5, 0.6) is 0 Å². The Morgan fingerprint density at radius 2 is 2.37 bits per heavy atom. The van der Waals surface area contributed by atoms with E-state index in [-0.39, 0.29) is 22.9 Å². The minimum absolute atomic E-state index is 0.264. The molecule has 8 nitrogen and oxygen atoms in total. The van der Waals surface area contributed by atoms with E-state index in [9.17, 15) is 4.79 Å². The highest BCUT2D eigenvalue weighted by molar-refractivity contribution is 5.83. The molecule has 2 aromatic heterocycles. The van der Waals surface area contributed by atoms with Crippen LogP contribution >= 0.6 is 0 Å². The average Bonchev–Trinajstić information content (AvgIpc) is 2.45. The van der Waals surface area contributed by atoms with Gasteiger partial charge >= 0.3 is 0 Å².